The molecule has 170 valence electrons. The number of hydrogen-bond donors (Lipinski definition) is 0. The highest BCUT2D eigenvalue weighted by Crippen LogP contribution is 2.48. The summed E-state index contributed by atoms with van der Waals surface area (Å²) in [4.78, 5) is 0. The summed E-state index contributed by atoms with van der Waals surface area (Å²) in [6.07, 6.45) is 10.4. The van der Waals surface area contributed by atoms with Crippen LogP contribution in [-0.2, 0) is 0 Å². The Labute approximate surface area is 214 Å². The van der Waals surface area contributed by atoms with Crippen LogP contribution in [-0.4, -0.2) is 0 Å². The van der Waals surface area contributed by atoms with E-state index in [1.165, 1.54) is 109 Å². The molecule has 0 unspecified atom stereocenters. The minimum Gasteiger partial charge on any atom is -0.0654 e. The third-order valence-electron chi connectivity index (χ3n) is 7.42. The molecule has 0 aliphatic heterocycles. The molecule has 5 aromatic carbocycles. The lowest BCUT2D eigenvalue weighted by Crippen LogP contribution is -2.02. The molecule has 33 heavy (non-hydrogen) atoms. The van der Waals surface area contributed by atoms with E-state index >= 15 is 0 Å². The van der Waals surface area contributed by atoms with E-state index in [-0.39, 0.29) is 0 Å². The van der Waals surface area contributed by atoms with Crippen LogP contribution in [0.25, 0.3) is 43.1 Å². The zero-order valence-electron chi connectivity index (χ0n) is 19.7. The van der Waals surface area contributed by atoms with E-state index in [9.17, 15) is 0 Å². The molecule has 0 bridgehead atoms. The number of unbranched alkanes of at least 4 members (excludes halogenated alkanes) is 4. The van der Waals surface area contributed by atoms with Crippen LogP contribution < -0.4 is 0 Å². The van der Waals surface area contributed by atoms with Gasteiger partial charge in [-0.25, -0.2) is 0 Å². The van der Waals surface area contributed by atoms with Crippen molar-refractivity contribution in [1.82, 2.24) is 0 Å². The van der Waals surface area contributed by atoms with Crippen LogP contribution >= 0.6 is 31.9 Å². The Morgan fingerprint density at radius 2 is 1.24 bits per heavy atom. The summed E-state index contributed by atoms with van der Waals surface area (Å²) in [6, 6.07) is 20.5. The molecule has 0 saturated heterocycles. The van der Waals surface area contributed by atoms with Crippen molar-refractivity contribution in [2.45, 2.75) is 71.1 Å². The van der Waals surface area contributed by atoms with Gasteiger partial charge in [0.15, 0.2) is 0 Å². The predicted molar refractivity (Wildman–Crippen MR) is 154 cm³/mol. The Morgan fingerprint density at radius 3 is 1.88 bits per heavy atom. The van der Waals surface area contributed by atoms with Crippen LogP contribution in [0.3, 0.4) is 0 Å². The Bertz CT molecular complexity index is 1410. The van der Waals surface area contributed by atoms with Crippen LogP contribution in [0.4, 0.5) is 0 Å². The van der Waals surface area contributed by atoms with Crippen LogP contribution in [0.2, 0.25) is 0 Å². The minimum absolute atomic E-state index is 0.608. The monoisotopic (exact) mass is 562 g/mol. The molecular weight excluding hydrogens is 532 g/mol. The average molecular weight is 564 g/mol. The second kappa shape index (κ2) is 9.92. The quantitative estimate of drug-likeness (QED) is 0.0949. The Balaban J connectivity index is 1.83. The Morgan fingerprint density at radius 1 is 0.636 bits per heavy atom. The van der Waals surface area contributed by atoms with E-state index in [2.05, 4.69) is 100 Å². The van der Waals surface area contributed by atoms with Gasteiger partial charge >= 0.3 is 0 Å². The Kier molecular flexibility index (Phi) is 6.95. The second-order valence-electron chi connectivity index (χ2n) is 9.57. The highest BCUT2D eigenvalue weighted by molar-refractivity contribution is 9.11. The maximum atomic E-state index is 4.18. The van der Waals surface area contributed by atoms with Crippen molar-refractivity contribution in [2.24, 2.45) is 0 Å². The highest BCUT2D eigenvalue weighted by atomic mass is 79.9. The number of rotatable bonds is 9. The van der Waals surface area contributed by atoms with Crippen LogP contribution in [0, 0.1) is 0 Å². The SMILES string of the molecule is CCCCCC(CCCCC)c1cc2cccc3c4cccc5ccc(Br)c(c(c1Br)c23)c54. The third kappa shape index (κ3) is 4.08. The van der Waals surface area contributed by atoms with Gasteiger partial charge in [-0.15, -0.1) is 0 Å². The van der Waals surface area contributed by atoms with Crippen molar-refractivity contribution in [3.63, 3.8) is 0 Å². The Hall–Kier alpha value is -1.64. The van der Waals surface area contributed by atoms with Gasteiger partial charge in [-0.2, -0.15) is 0 Å². The molecule has 5 aromatic rings. The lowest BCUT2D eigenvalue weighted by Gasteiger charge is -2.23. The topological polar surface area (TPSA) is 0 Å². The van der Waals surface area contributed by atoms with Crippen molar-refractivity contribution in [2.75, 3.05) is 0 Å². The molecule has 0 fully saturated rings. The third-order valence-corrected chi connectivity index (χ3v) is 8.93. The first-order valence-corrected chi connectivity index (χ1v) is 14.2. The van der Waals surface area contributed by atoms with Crippen molar-refractivity contribution in [3.05, 3.63) is 69.1 Å². The van der Waals surface area contributed by atoms with Gasteiger partial charge in [0, 0.05) is 19.7 Å². The fourth-order valence-corrected chi connectivity index (χ4v) is 7.13. The van der Waals surface area contributed by atoms with Crippen LogP contribution in [0.5, 0.6) is 0 Å². The standard InChI is InChI=1S/C31H32Br2/c1-3-5-7-11-20(12-8-6-4-2)25-19-22-14-10-16-24-23-15-9-13-21-17-18-26(32)29(27(21)23)30(28(22)24)31(25)33/h9-10,13-20H,3-8,11-12H2,1-2H3. The highest BCUT2D eigenvalue weighted by Gasteiger charge is 2.22. The van der Waals surface area contributed by atoms with Gasteiger partial charge in [-0.3, -0.25) is 0 Å². The molecule has 0 atom stereocenters. The zero-order chi connectivity index (χ0) is 22.9. The van der Waals surface area contributed by atoms with Crippen LogP contribution in [0.1, 0.15) is 76.7 Å². The summed E-state index contributed by atoms with van der Waals surface area (Å²) in [6.45, 7) is 4.61. The first-order valence-electron chi connectivity index (χ1n) is 12.6. The molecule has 0 radical (unpaired) electrons. The van der Waals surface area contributed by atoms with Crippen molar-refractivity contribution in [1.29, 1.82) is 0 Å². The number of benzene rings is 5. The molecule has 0 saturated carbocycles. The lowest BCUT2D eigenvalue weighted by molar-refractivity contribution is 0.506. The molecule has 0 aliphatic carbocycles. The average Bonchev–Trinajstić information content (AvgIpc) is 2.83. The fourth-order valence-electron chi connectivity index (χ4n) is 5.77. The van der Waals surface area contributed by atoms with E-state index in [4.69, 9.17) is 0 Å². The molecule has 0 aromatic heterocycles. The molecule has 0 aliphatic rings. The van der Waals surface area contributed by atoms with E-state index in [1.807, 2.05) is 0 Å². The van der Waals surface area contributed by atoms with E-state index in [0.717, 1.165) is 0 Å². The van der Waals surface area contributed by atoms with Gasteiger partial charge in [0.1, 0.15) is 0 Å². The summed E-state index contributed by atoms with van der Waals surface area (Å²) in [5, 5.41) is 10.9. The van der Waals surface area contributed by atoms with Gasteiger partial charge in [-0.05, 0) is 84.7 Å². The molecular formula is C31H32Br2. The smallest absolute Gasteiger partial charge is 0.0295 e. The first-order chi connectivity index (χ1) is 16.2. The molecule has 0 spiro atoms. The predicted octanol–water partition coefficient (Wildman–Crippen LogP) is 11.5. The number of fused-ring (bicyclic) bond motifs is 2. The summed E-state index contributed by atoms with van der Waals surface area (Å²) in [5.41, 5.74) is 1.50. The van der Waals surface area contributed by atoms with Gasteiger partial charge in [-0.1, -0.05) is 111 Å². The largest absolute Gasteiger partial charge is 0.0654 e. The molecule has 0 nitrogen and oxygen atoms in total. The van der Waals surface area contributed by atoms with Crippen molar-refractivity contribution >= 4 is 74.9 Å². The fraction of sp³-hybridized carbons (Fsp3) is 0.355. The molecule has 0 N–H and O–H groups in total. The van der Waals surface area contributed by atoms with Gasteiger partial charge < -0.3 is 0 Å². The summed E-state index contributed by atoms with van der Waals surface area (Å²) in [7, 11) is 0. The van der Waals surface area contributed by atoms with Gasteiger partial charge in [0.25, 0.3) is 0 Å². The van der Waals surface area contributed by atoms with Gasteiger partial charge in [0.2, 0.25) is 0 Å². The lowest BCUT2D eigenvalue weighted by atomic mass is 9.83. The maximum Gasteiger partial charge on any atom is 0.0295 e. The van der Waals surface area contributed by atoms with Crippen molar-refractivity contribution < 1.29 is 0 Å². The summed E-state index contributed by atoms with van der Waals surface area (Å²) >= 11 is 8.12. The summed E-state index contributed by atoms with van der Waals surface area (Å²) in [5.74, 6) is 0.608. The number of hydrogen-bond acceptors (Lipinski definition) is 0. The normalized spacial score (nSPS) is 12.3. The zero-order valence-corrected chi connectivity index (χ0v) is 22.9. The maximum absolute atomic E-state index is 4.18. The van der Waals surface area contributed by atoms with Crippen molar-refractivity contribution in [3.8, 4) is 0 Å². The van der Waals surface area contributed by atoms with Crippen LogP contribution in [0.15, 0.2) is 63.5 Å². The minimum atomic E-state index is 0.608. The molecule has 0 amide bonds. The van der Waals surface area contributed by atoms with E-state index < -0.39 is 0 Å². The summed E-state index contributed by atoms with van der Waals surface area (Å²) < 4.78 is 2.49. The van der Waals surface area contributed by atoms with E-state index in [1.54, 1.807) is 0 Å². The second-order valence-corrected chi connectivity index (χ2v) is 11.2. The van der Waals surface area contributed by atoms with Gasteiger partial charge in [0.05, 0.1) is 0 Å². The molecule has 2 heteroatoms. The molecule has 5 rings (SSSR count). The first kappa shape index (κ1) is 23.1. The molecule has 0 heterocycles. The van der Waals surface area contributed by atoms with E-state index in [0.29, 0.717) is 5.92 Å². The number of halogens is 2.